The summed E-state index contributed by atoms with van der Waals surface area (Å²) in [6.07, 6.45) is 0. The third-order valence-electron chi connectivity index (χ3n) is 3.90. The number of pyridine rings is 1. The van der Waals surface area contributed by atoms with Crippen LogP contribution in [0.4, 0.5) is 5.82 Å². The number of halogens is 1. The van der Waals surface area contributed by atoms with Gasteiger partial charge in [-0.25, -0.2) is 13.4 Å². The summed E-state index contributed by atoms with van der Waals surface area (Å²) in [6, 6.07) is 9.79. The van der Waals surface area contributed by atoms with E-state index in [0.29, 0.717) is 12.4 Å². The van der Waals surface area contributed by atoms with Gasteiger partial charge in [0.2, 0.25) is 0 Å². The van der Waals surface area contributed by atoms with Gasteiger partial charge in [-0.15, -0.1) is 11.6 Å². The van der Waals surface area contributed by atoms with E-state index in [1.165, 1.54) is 0 Å². The summed E-state index contributed by atoms with van der Waals surface area (Å²) >= 11 is 6.06. The summed E-state index contributed by atoms with van der Waals surface area (Å²) in [6.45, 7) is 2.41. The van der Waals surface area contributed by atoms with Crippen LogP contribution in [0.2, 0.25) is 0 Å². The molecule has 1 unspecified atom stereocenters. The molecule has 1 atom stereocenters. The van der Waals surface area contributed by atoms with Gasteiger partial charge in [0.05, 0.1) is 17.0 Å². The second kappa shape index (κ2) is 5.46. The van der Waals surface area contributed by atoms with Crippen LogP contribution < -0.4 is 4.90 Å². The molecule has 21 heavy (non-hydrogen) atoms. The molecule has 4 nitrogen and oxygen atoms in total. The zero-order valence-electron chi connectivity index (χ0n) is 11.8. The lowest BCUT2D eigenvalue weighted by Crippen LogP contribution is -2.47. The van der Waals surface area contributed by atoms with E-state index in [2.05, 4.69) is 9.88 Å². The van der Waals surface area contributed by atoms with Gasteiger partial charge in [0.25, 0.3) is 0 Å². The lowest BCUT2D eigenvalue weighted by Gasteiger charge is -2.34. The van der Waals surface area contributed by atoms with Crippen LogP contribution in [-0.2, 0) is 15.7 Å². The molecule has 0 bridgehead atoms. The summed E-state index contributed by atoms with van der Waals surface area (Å²) in [4.78, 5) is 6.74. The van der Waals surface area contributed by atoms with Gasteiger partial charge in [-0.05, 0) is 24.6 Å². The fourth-order valence-electron chi connectivity index (χ4n) is 2.83. The number of para-hydroxylation sites is 1. The number of anilines is 1. The zero-order valence-corrected chi connectivity index (χ0v) is 13.4. The molecule has 1 aromatic heterocycles. The Balaban J connectivity index is 2.05. The quantitative estimate of drug-likeness (QED) is 0.797. The van der Waals surface area contributed by atoms with Gasteiger partial charge in [0, 0.05) is 23.9 Å². The number of hydrogen-bond acceptors (Lipinski definition) is 4. The van der Waals surface area contributed by atoms with Crippen LogP contribution in [0, 0.1) is 0 Å². The Morgan fingerprint density at radius 2 is 2.14 bits per heavy atom. The first-order chi connectivity index (χ1) is 10.00. The third-order valence-corrected chi connectivity index (χ3v) is 5.98. The summed E-state index contributed by atoms with van der Waals surface area (Å²) in [5.74, 6) is 1.59. The van der Waals surface area contributed by atoms with Crippen molar-refractivity contribution in [3.05, 3.63) is 35.9 Å². The molecule has 1 aromatic carbocycles. The number of alkyl halides is 1. The van der Waals surface area contributed by atoms with E-state index >= 15 is 0 Å². The summed E-state index contributed by atoms with van der Waals surface area (Å²) in [5.41, 5.74) is 1.92. The predicted octanol–water partition coefficient (Wildman–Crippen LogP) is 2.60. The minimum atomic E-state index is -2.93. The summed E-state index contributed by atoms with van der Waals surface area (Å²) in [7, 11) is -2.93. The molecule has 0 N–H and O–H groups in total. The fourth-order valence-corrected chi connectivity index (χ4v) is 4.61. The van der Waals surface area contributed by atoms with Crippen molar-refractivity contribution in [2.45, 2.75) is 18.8 Å². The van der Waals surface area contributed by atoms with Crippen LogP contribution in [0.15, 0.2) is 30.3 Å². The molecule has 0 radical (unpaired) electrons. The molecule has 0 aliphatic carbocycles. The lowest BCUT2D eigenvalue weighted by atomic mass is 10.1. The van der Waals surface area contributed by atoms with Crippen molar-refractivity contribution < 1.29 is 8.42 Å². The average Bonchev–Trinajstić information content (AvgIpc) is 2.45. The van der Waals surface area contributed by atoms with Gasteiger partial charge < -0.3 is 4.90 Å². The second-order valence-corrected chi connectivity index (χ2v) is 7.94. The Hall–Kier alpha value is -1.33. The topological polar surface area (TPSA) is 50.3 Å². The molecule has 3 rings (SSSR count). The maximum Gasteiger partial charge on any atom is 0.154 e. The van der Waals surface area contributed by atoms with Gasteiger partial charge in [-0.3, -0.25) is 0 Å². The van der Waals surface area contributed by atoms with Crippen LogP contribution in [-0.4, -0.2) is 37.5 Å². The van der Waals surface area contributed by atoms with Crippen molar-refractivity contribution in [1.82, 2.24) is 4.98 Å². The number of nitrogens with zero attached hydrogens (tertiary/aromatic N) is 2. The molecule has 1 aliphatic heterocycles. The number of benzene rings is 1. The van der Waals surface area contributed by atoms with Gasteiger partial charge >= 0.3 is 0 Å². The SMILES string of the molecule is CC1CS(=O)(=O)CCN1c1cc(CCl)c2ccccc2n1. The zero-order chi connectivity index (χ0) is 15.0. The fraction of sp³-hybridized carbons (Fsp3) is 0.400. The molecule has 112 valence electrons. The van der Waals surface area contributed by atoms with Crippen molar-refractivity contribution in [3.8, 4) is 0 Å². The molecular weight excluding hydrogens is 308 g/mol. The maximum atomic E-state index is 11.7. The van der Waals surface area contributed by atoms with Gasteiger partial charge in [0.1, 0.15) is 5.82 Å². The number of fused-ring (bicyclic) bond motifs is 1. The molecule has 0 amide bonds. The highest BCUT2D eigenvalue weighted by Gasteiger charge is 2.29. The first-order valence-corrected chi connectivity index (χ1v) is 9.27. The average molecular weight is 325 g/mol. The van der Waals surface area contributed by atoms with E-state index < -0.39 is 9.84 Å². The standard InChI is InChI=1S/C15H17ClN2O2S/c1-11-10-21(19,20)7-6-18(11)15-8-12(9-16)13-4-2-3-5-14(13)17-15/h2-5,8,11H,6-7,9-10H2,1H3. The molecule has 0 saturated carbocycles. The van der Waals surface area contributed by atoms with E-state index in [1.807, 2.05) is 37.3 Å². The van der Waals surface area contributed by atoms with Crippen molar-refractivity contribution in [1.29, 1.82) is 0 Å². The Labute approximate surface area is 129 Å². The highest BCUT2D eigenvalue weighted by atomic mass is 35.5. The van der Waals surface area contributed by atoms with E-state index in [1.54, 1.807) is 0 Å². The van der Waals surface area contributed by atoms with Gasteiger partial charge in [-0.1, -0.05) is 18.2 Å². The van der Waals surface area contributed by atoms with Gasteiger partial charge in [0.15, 0.2) is 9.84 Å². The lowest BCUT2D eigenvalue weighted by molar-refractivity contribution is 0.567. The number of aromatic nitrogens is 1. The highest BCUT2D eigenvalue weighted by Crippen LogP contribution is 2.27. The summed E-state index contributed by atoms with van der Waals surface area (Å²) < 4.78 is 23.4. The normalized spacial score (nSPS) is 21.6. The monoisotopic (exact) mass is 324 g/mol. The first-order valence-electron chi connectivity index (χ1n) is 6.92. The third kappa shape index (κ3) is 2.85. The molecule has 1 saturated heterocycles. The smallest absolute Gasteiger partial charge is 0.154 e. The van der Waals surface area contributed by atoms with E-state index in [-0.39, 0.29) is 17.5 Å². The molecule has 2 aromatic rings. The van der Waals surface area contributed by atoms with E-state index in [0.717, 1.165) is 22.3 Å². The van der Waals surface area contributed by atoms with Crippen LogP contribution in [0.25, 0.3) is 10.9 Å². The highest BCUT2D eigenvalue weighted by molar-refractivity contribution is 7.91. The Kier molecular flexibility index (Phi) is 3.80. The van der Waals surface area contributed by atoms with Gasteiger partial charge in [-0.2, -0.15) is 0 Å². The van der Waals surface area contributed by atoms with Crippen molar-refractivity contribution >= 4 is 38.2 Å². The largest absolute Gasteiger partial charge is 0.352 e. The first kappa shape index (κ1) is 14.6. The van der Waals surface area contributed by atoms with E-state index in [9.17, 15) is 8.42 Å². The number of sulfone groups is 1. The molecule has 1 fully saturated rings. The van der Waals surface area contributed by atoms with Crippen LogP contribution >= 0.6 is 11.6 Å². The minimum absolute atomic E-state index is 0.0689. The molecule has 2 heterocycles. The van der Waals surface area contributed by atoms with Crippen molar-refractivity contribution in [3.63, 3.8) is 0 Å². The summed E-state index contributed by atoms with van der Waals surface area (Å²) in [5, 5.41) is 1.05. The number of hydrogen-bond donors (Lipinski definition) is 0. The minimum Gasteiger partial charge on any atom is -0.352 e. The van der Waals surface area contributed by atoms with Crippen molar-refractivity contribution in [2.24, 2.45) is 0 Å². The van der Waals surface area contributed by atoms with Crippen LogP contribution in [0.5, 0.6) is 0 Å². The molecule has 1 aliphatic rings. The Morgan fingerprint density at radius 1 is 1.38 bits per heavy atom. The second-order valence-electron chi connectivity index (χ2n) is 5.45. The van der Waals surface area contributed by atoms with Crippen LogP contribution in [0.3, 0.4) is 0 Å². The van der Waals surface area contributed by atoms with Crippen LogP contribution in [0.1, 0.15) is 12.5 Å². The molecular formula is C15H17ClN2O2S. The van der Waals surface area contributed by atoms with Crippen molar-refractivity contribution in [2.75, 3.05) is 23.0 Å². The molecule has 0 spiro atoms. The predicted molar refractivity (Wildman–Crippen MR) is 86.8 cm³/mol. The Bertz CT molecular complexity index is 776. The Morgan fingerprint density at radius 3 is 2.86 bits per heavy atom. The van der Waals surface area contributed by atoms with E-state index in [4.69, 9.17) is 11.6 Å². The maximum absolute atomic E-state index is 11.7. The molecule has 6 heteroatoms. The number of rotatable bonds is 2.